The zero-order valence-electron chi connectivity index (χ0n) is 10.6. The van der Waals surface area contributed by atoms with Crippen LogP contribution in [0.2, 0.25) is 0 Å². The lowest BCUT2D eigenvalue weighted by Crippen LogP contribution is -2.23. The van der Waals surface area contributed by atoms with Crippen molar-refractivity contribution < 1.29 is 0 Å². The summed E-state index contributed by atoms with van der Waals surface area (Å²) >= 11 is 0. The molecule has 0 N–H and O–H groups in total. The van der Waals surface area contributed by atoms with Crippen molar-refractivity contribution >= 4 is 0 Å². The fraction of sp³-hybridized carbons (Fsp3) is 1.00. The Hall–Kier alpha value is 0. The second-order valence-corrected chi connectivity index (χ2v) is 5.64. The zero-order valence-corrected chi connectivity index (χ0v) is 10.6. The van der Waals surface area contributed by atoms with Crippen molar-refractivity contribution in [2.24, 2.45) is 29.6 Å². The predicted molar refractivity (Wildman–Crippen MR) is 61.8 cm³/mol. The lowest BCUT2D eigenvalue weighted by atomic mass is 9.74. The summed E-state index contributed by atoms with van der Waals surface area (Å²) in [5.74, 6) is 4.27. The van der Waals surface area contributed by atoms with Crippen molar-refractivity contribution in [3.63, 3.8) is 0 Å². The number of hydrogen-bond donors (Lipinski definition) is 0. The highest BCUT2D eigenvalue weighted by molar-refractivity contribution is 4.73. The number of hydrogen-bond acceptors (Lipinski definition) is 0. The minimum absolute atomic E-state index is 0.825. The minimum Gasteiger partial charge on any atom is -0.0628 e. The molecule has 0 aliphatic carbocycles. The Balaban J connectivity index is 4.24. The van der Waals surface area contributed by atoms with Gasteiger partial charge in [-0.1, -0.05) is 48.5 Å². The van der Waals surface area contributed by atoms with Crippen LogP contribution in [0.5, 0.6) is 0 Å². The fourth-order valence-corrected chi connectivity index (χ4v) is 2.13. The van der Waals surface area contributed by atoms with Gasteiger partial charge in [-0.2, -0.15) is 0 Å². The van der Waals surface area contributed by atoms with Crippen LogP contribution in [0.1, 0.15) is 54.9 Å². The molecule has 0 saturated carbocycles. The molecular weight excluding hydrogens is 156 g/mol. The summed E-state index contributed by atoms with van der Waals surface area (Å²) in [6, 6.07) is 0. The van der Waals surface area contributed by atoms with Crippen LogP contribution in [-0.4, -0.2) is 0 Å². The first-order chi connectivity index (χ1) is 5.86. The zero-order chi connectivity index (χ0) is 10.6. The quantitative estimate of drug-likeness (QED) is 0.586. The third-order valence-electron chi connectivity index (χ3n) is 3.33. The molecule has 0 saturated heterocycles. The summed E-state index contributed by atoms with van der Waals surface area (Å²) in [4.78, 5) is 0. The Morgan fingerprint density at radius 3 is 1.38 bits per heavy atom. The van der Waals surface area contributed by atoms with Crippen molar-refractivity contribution in [3.8, 4) is 0 Å². The van der Waals surface area contributed by atoms with E-state index < -0.39 is 0 Å². The van der Waals surface area contributed by atoms with Crippen molar-refractivity contribution in [2.75, 3.05) is 0 Å². The molecule has 0 aliphatic heterocycles. The molecule has 0 aromatic rings. The van der Waals surface area contributed by atoms with Crippen molar-refractivity contribution in [2.45, 2.75) is 54.9 Å². The third kappa shape index (κ3) is 4.69. The largest absolute Gasteiger partial charge is 0.0628 e. The van der Waals surface area contributed by atoms with E-state index in [1.807, 2.05) is 0 Å². The second kappa shape index (κ2) is 5.67. The highest BCUT2D eigenvalue weighted by Gasteiger charge is 2.23. The Morgan fingerprint density at radius 1 is 0.692 bits per heavy atom. The summed E-state index contributed by atoms with van der Waals surface area (Å²) in [5.41, 5.74) is 0. The van der Waals surface area contributed by atoms with Crippen molar-refractivity contribution in [1.82, 2.24) is 0 Å². The first-order valence-electron chi connectivity index (χ1n) is 5.86. The van der Waals surface area contributed by atoms with Gasteiger partial charge in [0.15, 0.2) is 0 Å². The van der Waals surface area contributed by atoms with Gasteiger partial charge >= 0.3 is 0 Å². The first kappa shape index (κ1) is 13.0. The summed E-state index contributed by atoms with van der Waals surface area (Å²) in [7, 11) is 0. The average Bonchev–Trinajstić information content (AvgIpc) is 1.97. The van der Waals surface area contributed by atoms with Gasteiger partial charge in [0.1, 0.15) is 0 Å². The van der Waals surface area contributed by atoms with Crippen molar-refractivity contribution in [1.29, 1.82) is 0 Å². The molecule has 0 rings (SSSR count). The normalized spacial score (nSPS) is 17.1. The average molecular weight is 184 g/mol. The molecule has 0 aromatic carbocycles. The van der Waals surface area contributed by atoms with Crippen LogP contribution < -0.4 is 0 Å². The maximum atomic E-state index is 2.41. The minimum atomic E-state index is 0.825. The molecule has 0 bridgehead atoms. The predicted octanol–water partition coefficient (Wildman–Crippen LogP) is 4.60. The van der Waals surface area contributed by atoms with Crippen molar-refractivity contribution in [3.05, 3.63) is 0 Å². The molecule has 0 spiro atoms. The van der Waals surface area contributed by atoms with Crippen LogP contribution in [0.25, 0.3) is 0 Å². The summed E-state index contributed by atoms with van der Waals surface area (Å²) in [6.45, 7) is 16.5. The molecule has 0 unspecified atom stereocenters. The van der Waals surface area contributed by atoms with Crippen LogP contribution in [0.3, 0.4) is 0 Å². The molecule has 0 aliphatic rings. The maximum absolute atomic E-state index is 2.41. The van der Waals surface area contributed by atoms with E-state index >= 15 is 0 Å². The Kier molecular flexibility index (Phi) is 5.67. The van der Waals surface area contributed by atoms with Crippen LogP contribution in [0.15, 0.2) is 0 Å². The highest BCUT2D eigenvalue weighted by Crippen LogP contribution is 2.31. The summed E-state index contributed by atoms with van der Waals surface area (Å²) < 4.78 is 0. The molecule has 0 amide bonds. The monoisotopic (exact) mass is 184 g/mol. The van der Waals surface area contributed by atoms with Crippen LogP contribution >= 0.6 is 0 Å². The Morgan fingerprint density at radius 2 is 1.15 bits per heavy atom. The van der Waals surface area contributed by atoms with E-state index in [9.17, 15) is 0 Å². The van der Waals surface area contributed by atoms with Gasteiger partial charge in [-0.3, -0.25) is 0 Å². The lowest BCUT2D eigenvalue weighted by Gasteiger charge is -2.31. The fourth-order valence-electron chi connectivity index (χ4n) is 2.13. The van der Waals surface area contributed by atoms with Gasteiger partial charge in [-0.05, 0) is 36.0 Å². The Bertz CT molecular complexity index is 122. The van der Waals surface area contributed by atoms with Gasteiger partial charge < -0.3 is 0 Å². The molecule has 0 nitrogen and oxygen atoms in total. The first-order valence-corrected chi connectivity index (χ1v) is 5.86. The molecule has 0 radical (unpaired) electrons. The maximum Gasteiger partial charge on any atom is -0.0360 e. The van der Waals surface area contributed by atoms with Gasteiger partial charge in [0.05, 0.1) is 0 Å². The summed E-state index contributed by atoms with van der Waals surface area (Å²) in [6.07, 6.45) is 1.39. The van der Waals surface area contributed by atoms with Gasteiger partial charge in [0, 0.05) is 0 Å². The van der Waals surface area contributed by atoms with Gasteiger partial charge in [0.2, 0.25) is 0 Å². The van der Waals surface area contributed by atoms with E-state index in [1.54, 1.807) is 0 Å². The molecule has 0 heteroatoms. The van der Waals surface area contributed by atoms with E-state index in [1.165, 1.54) is 6.42 Å². The molecule has 13 heavy (non-hydrogen) atoms. The highest BCUT2D eigenvalue weighted by atomic mass is 14.3. The smallest absolute Gasteiger partial charge is 0.0360 e. The third-order valence-corrected chi connectivity index (χ3v) is 3.33. The lowest BCUT2D eigenvalue weighted by molar-refractivity contribution is 0.183. The van der Waals surface area contributed by atoms with E-state index in [0.29, 0.717) is 0 Å². The SMILES string of the molecule is CC(C)C[C@@H](C(C)C)[C@@H](C)C(C)C. The number of rotatable bonds is 5. The molecule has 2 atom stereocenters. The van der Waals surface area contributed by atoms with E-state index in [4.69, 9.17) is 0 Å². The van der Waals surface area contributed by atoms with Crippen LogP contribution in [-0.2, 0) is 0 Å². The van der Waals surface area contributed by atoms with Gasteiger partial charge in [0.25, 0.3) is 0 Å². The van der Waals surface area contributed by atoms with Gasteiger partial charge in [-0.15, -0.1) is 0 Å². The standard InChI is InChI=1S/C13H28/c1-9(2)8-13(11(5)6)12(7)10(3)4/h9-13H,8H2,1-7H3/t12-,13-/m0/s1. The second-order valence-electron chi connectivity index (χ2n) is 5.64. The van der Waals surface area contributed by atoms with E-state index in [2.05, 4.69) is 48.5 Å². The van der Waals surface area contributed by atoms with Crippen LogP contribution in [0, 0.1) is 29.6 Å². The summed E-state index contributed by atoms with van der Waals surface area (Å²) in [5, 5.41) is 0. The molecule has 80 valence electrons. The Labute approximate surface area is 85.1 Å². The molecule has 0 heterocycles. The topological polar surface area (TPSA) is 0 Å². The molecule has 0 fully saturated rings. The van der Waals surface area contributed by atoms with E-state index in [0.717, 1.165) is 29.6 Å². The van der Waals surface area contributed by atoms with Gasteiger partial charge in [-0.25, -0.2) is 0 Å². The van der Waals surface area contributed by atoms with E-state index in [-0.39, 0.29) is 0 Å². The van der Waals surface area contributed by atoms with Crippen LogP contribution in [0.4, 0.5) is 0 Å². The molecular formula is C13H28. The molecule has 0 aromatic heterocycles.